The van der Waals surface area contributed by atoms with E-state index in [1.54, 1.807) is 24.3 Å². The Morgan fingerprint density at radius 3 is 2.70 bits per heavy atom. The van der Waals surface area contributed by atoms with Gasteiger partial charge in [0.2, 0.25) is 4.77 Å². The SMILES string of the molecule is COc1ccc(C(=O)Cc2n[nH]c(=S)n(N)c2=O)cc1. The van der Waals surface area contributed by atoms with E-state index in [1.807, 2.05) is 0 Å². The van der Waals surface area contributed by atoms with Gasteiger partial charge < -0.3 is 10.6 Å². The number of methoxy groups -OCH3 is 1. The van der Waals surface area contributed by atoms with Gasteiger partial charge in [0.25, 0.3) is 5.56 Å². The molecule has 20 heavy (non-hydrogen) atoms. The lowest BCUT2D eigenvalue weighted by Gasteiger charge is -2.04. The molecule has 0 saturated carbocycles. The number of carbonyl (C=O) groups is 1. The average molecular weight is 292 g/mol. The van der Waals surface area contributed by atoms with E-state index < -0.39 is 5.56 Å². The molecular weight excluding hydrogens is 280 g/mol. The zero-order chi connectivity index (χ0) is 14.7. The molecule has 3 N–H and O–H groups in total. The second-order valence-corrected chi connectivity index (χ2v) is 4.37. The van der Waals surface area contributed by atoms with Crippen LogP contribution in [0.25, 0.3) is 0 Å². The second kappa shape index (κ2) is 5.66. The van der Waals surface area contributed by atoms with Crippen LogP contribution in [0, 0.1) is 4.77 Å². The molecule has 0 radical (unpaired) electrons. The molecule has 0 fully saturated rings. The minimum absolute atomic E-state index is 0.00403. The smallest absolute Gasteiger partial charge is 0.295 e. The van der Waals surface area contributed by atoms with Crippen LogP contribution < -0.4 is 16.1 Å². The van der Waals surface area contributed by atoms with Gasteiger partial charge in [-0.15, -0.1) is 0 Å². The number of rotatable bonds is 4. The number of nitrogens with one attached hydrogen (secondary N) is 1. The number of hydrogen-bond acceptors (Lipinski definition) is 6. The number of nitrogen functional groups attached to an aromatic ring is 1. The number of aromatic nitrogens is 3. The van der Waals surface area contributed by atoms with Crippen LogP contribution in [0.15, 0.2) is 29.1 Å². The molecule has 104 valence electrons. The van der Waals surface area contributed by atoms with Crippen LogP contribution in [0.1, 0.15) is 16.1 Å². The third kappa shape index (κ3) is 2.75. The molecule has 0 amide bonds. The summed E-state index contributed by atoms with van der Waals surface area (Å²) in [5, 5.41) is 6.16. The molecule has 0 aliphatic rings. The van der Waals surface area contributed by atoms with Crippen molar-refractivity contribution in [2.75, 3.05) is 13.0 Å². The molecule has 0 saturated heterocycles. The number of H-pyrrole nitrogens is 1. The summed E-state index contributed by atoms with van der Waals surface area (Å²) in [5.41, 5.74) is -0.115. The Morgan fingerprint density at radius 2 is 2.10 bits per heavy atom. The Balaban J connectivity index is 2.25. The van der Waals surface area contributed by atoms with Crippen LogP contribution in [0.2, 0.25) is 0 Å². The molecule has 0 unspecified atom stereocenters. The number of hydrogen-bond donors (Lipinski definition) is 2. The molecule has 7 nitrogen and oxygen atoms in total. The van der Waals surface area contributed by atoms with Gasteiger partial charge in [-0.25, -0.2) is 0 Å². The van der Waals surface area contributed by atoms with E-state index in [4.69, 9.17) is 22.8 Å². The topological polar surface area (TPSA) is 103 Å². The van der Waals surface area contributed by atoms with Crippen LogP contribution in [-0.4, -0.2) is 27.8 Å². The number of ketones is 1. The van der Waals surface area contributed by atoms with Crippen molar-refractivity contribution in [1.82, 2.24) is 14.9 Å². The summed E-state index contributed by atoms with van der Waals surface area (Å²) < 4.78 is 5.75. The maximum atomic E-state index is 12.1. The summed E-state index contributed by atoms with van der Waals surface area (Å²) in [6.45, 7) is 0. The van der Waals surface area contributed by atoms with Gasteiger partial charge in [0.05, 0.1) is 13.5 Å². The molecule has 2 rings (SSSR count). The largest absolute Gasteiger partial charge is 0.497 e. The number of ether oxygens (including phenoxy) is 1. The third-order valence-electron chi connectivity index (χ3n) is 2.71. The molecule has 0 spiro atoms. The highest BCUT2D eigenvalue weighted by Crippen LogP contribution is 2.12. The highest BCUT2D eigenvalue weighted by molar-refractivity contribution is 7.71. The lowest BCUT2D eigenvalue weighted by atomic mass is 10.1. The van der Waals surface area contributed by atoms with E-state index in [2.05, 4.69) is 10.2 Å². The third-order valence-corrected chi connectivity index (χ3v) is 3.00. The molecule has 0 bridgehead atoms. The highest BCUT2D eigenvalue weighted by Gasteiger charge is 2.13. The lowest BCUT2D eigenvalue weighted by molar-refractivity contribution is 0.0991. The molecule has 0 aliphatic carbocycles. The van der Waals surface area contributed by atoms with Crippen LogP contribution >= 0.6 is 12.2 Å². The van der Waals surface area contributed by atoms with Crippen molar-refractivity contribution in [2.24, 2.45) is 0 Å². The van der Waals surface area contributed by atoms with Gasteiger partial charge >= 0.3 is 0 Å². The van der Waals surface area contributed by atoms with Gasteiger partial charge in [0.1, 0.15) is 11.4 Å². The van der Waals surface area contributed by atoms with Gasteiger partial charge in [-0.1, -0.05) is 0 Å². The van der Waals surface area contributed by atoms with E-state index in [-0.39, 0.29) is 22.7 Å². The number of nitrogens with two attached hydrogens (primary N) is 1. The lowest BCUT2D eigenvalue weighted by Crippen LogP contribution is -2.33. The minimum atomic E-state index is -0.587. The van der Waals surface area contributed by atoms with Gasteiger partial charge in [0, 0.05) is 5.56 Å². The molecule has 8 heteroatoms. The van der Waals surface area contributed by atoms with E-state index in [0.29, 0.717) is 11.3 Å². The second-order valence-electron chi connectivity index (χ2n) is 3.98. The normalized spacial score (nSPS) is 10.2. The molecule has 1 aromatic heterocycles. The molecule has 0 aliphatic heterocycles. The van der Waals surface area contributed by atoms with Crippen molar-refractivity contribution in [3.63, 3.8) is 0 Å². The number of Topliss-reactive ketones (excluding diaryl/α,β-unsaturated/α-hetero) is 1. The summed E-state index contributed by atoms with van der Waals surface area (Å²) in [6.07, 6.45) is -0.158. The fourth-order valence-electron chi connectivity index (χ4n) is 1.59. The van der Waals surface area contributed by atoms with Crippen LogP contribution in [0.3, 0.4) is 0 Å². The summed E-state index contributed by atoms with van der Waals surface area (Å²) in [5.74, 6) is 5.83. The Bertz CT molecular complexity index is 749. The standard InChI is InChI=1S/C12H12N4O3S/c1-19-8-4-2-7(3-5-8)10(17)6-9-11(18)16(13)12(20)15-14-9/h2-5H,6,13H2,1H3,(H,15,20). The van der Waals surface area contributed by atoms with Crippen molar-refractivity contribution >= 4 is 18.0 Å². The number of benzene rings is 1. The Morgan fingerprint density at radius 1 is 1.45 bits per heavy atom. The first-order valence-corrected chi connectivity index (χ1v) is 6.06. The molecule has 2 aromatic rings. The zero-order valence-corrected chi connectivity index (χ0v) is 11.4. The molecule has 1 aromatic carbocycles. The highest BCUT2D eigenvalue weighted by atomic mass is 32.1. The quantitative estimate of drug-likeness (QED) is 0.482. The number of aromatic amines is 1. The predicted molar refractivity (Wildman–Crippen MR) is 74.9 cm³/mol. The Labute approximate surface area is 119 Å². The summed E-state index contributed by atoms with van der Waals surface area (Å²) in [7, 11) is 1.54. The van der Waals surface area contributed by atoms with Crippen LogP contribution in [-0.2, 0) is 6.42 Å². The van der Waals surface area contributed by atoms with Crippen molar-refractivity contribution in [2.45, 2.75) is 6.42 Å². The van der Waals surface area contributed by atoms with Gasteiger partial charge in [-0.05, 0) is 36.5 Å². The van der Waals surface area contributed by atoms with Crippen molar-refractivity contribution in [1.29, 1.82) is 0 Å². The first-order valence-electron chi connectivity index (χ1n) is 5.66. The van der Waals surface area contributed by atoms with Gasteiger partial charge in [-0.2, -0.15) is 9.77 Å². The first kappa shape index (κ1) is 13.9. The zero-order valence-electron chi connectivity index (χ0n) is 10.6. The summed E-state index contributed by atoms with van der Waals surface area (Å²) in [6, 6.07) is 6.57. The van der Waals surface area contributed by atoms with E-state index >= 15 is 0 Å². The van der Waals surface area contributed by atoms with Crippen LogP contribution in [0.4, 0.5) is 0 Å². The molecule has 0 atom stereocenters. The van der Waals surface area contributed by atoms with E-state index in [1.165, 1.54) is 7.11 Å². The van der Waals surface area contributed by atoms with Crippen molar-refractivity contribution in [3.8, 4) is 5.75 Å². The van der Waals surface area contributed by atoms with E-state index in [9.17, 15) is 9.59 Å². The predicted octanol–water partition coefficient (Wildman–Crippen LogP) is 0.449. The summed E-state index contributed by atoms with van der Waals surface area (Å²) in [4.78, 5) is 23.8. The van der Waals surface area contributed by atoms with Gasteiger partial charge in [0.15, 0.2) is 5.78 Å². The van der Waals surface area contributed by atoms with Crippen molar-refractivity contribution in [3.05, 3.63) is 50.6 Å². The average Bonchev–Trinajstić information content (AvgIpc) is 2.48. The van der Waals surface area contributed by atoms with Crippen molar-refractivity contribution < 1.29 is 9.53 Å². The monoisotopic (exact) mass is 292 g/mol. The fourth-order valence-corrected chi connectivity index (χ4v) is 1.72. The Kier molecular flexibility index (Phi) is 3.94. The maximum absolute atomic E-state index is 12.1. The Hall–Kier alpha value is -2.48. The molecule has 1 heterocycles. The first-order chi connectivity index (χ1) is 9.52. The number of carbonyl (C=O) groups excluding carboxylic acids is 1. The van der Waals surface area contributed by atoms with E-state index in [0.717, 1.165) is 4.68 Å². The van der Waals surface area contributed by atoms with Gasteiger partial charge in [-0.3, -0.25) is 14.7 Å². The minimum Gasteiger partial charge on any atom is -0.497 e. The fraction of sp³-hybridized carbons (Fsp3) is 0.167. The summed E-state index contributed by atoms with van der Waals surface area (Å²) >= 11 is 4.76. The maximum Gasteiger partial charge on any atom is 0.295 e. The molecular formula is C12H12N4O3S. The number of nitrogens with zero attached hydrogens (tertiary/aromatic N) is 2. The van der Waals surface area contributed by atoms with Crippen LogP contribution in [0.5, 0.6) is 5.75 Å².